The van der Waals surface area contributed by atoms with Crippen LogP contribution in [0.3, 0.4) is 0 Å². The van der Waals surface area contributed by atoms with E-state index in [4.69, 9.17) is 9.84 Å². The average Bonchev–Trinajstić information content (AvgIpc) is 2.50. The number of carbonyl (C=O) groups excluding carboxylic acids is 1. The smallest absolute Gasteiger partial charge is 0.326 e. The van der Waals surface area contributed by atoms with Crippen molar-refractivity contribution in [3.8, 4) is 5.75 Å². The number of nitrogens with one attached hydrogen (secondary N) is 1. The molecule has 0 saturated carbocycles. The quantitative estimate of drug-likeness (QED) is 0.647. The second-order valence-electron chi connectivity index (χ2n) is 4.79. The maximum Gasteiger partial charge on any atom is 0.326 e. The number of carboxylic acid groups (broad SMARTS) is 1. The maximum absolute atomic E-state index is 11.8. The fourth-order valence-corrected chi connectivity index (χ4v) is 2.56. The van der Waals surface area contributed by atoms with E-state index in [-0.39, 0.29) is 11.7 Å². The molecule has 0 saturated heterocycles. The summed E-state index contributed by atoms with van der Waals surface area (Å²) >= 11 is 1.37. The van der Waals surface area contributed by atoms with Crippen molar-refractivity contribution in [2.24, 2.45) is 0 Å². The third kappa shape index (κ3) is 6.85. The Bertz CT molecular complexity index is 476. The molecule has 6 heteroatoms. The topological polar surface area (TPSA) is 75.6 Å². The highest BCUT2D eigenvalue weighted by Gasteiger charge is 2.18. The Morgan fingerprint density at radius 3 is 2.50 bits per heavy atom. The number of carboxylic acids is 1. The first-order valence-electron chi connectivity index (χ1n) is 7.44. The van der Waals surface area contributed by atoms with E-state index in [1.165, 1.54) is 11.8 Å². The number of unbranched alkanes of at least 4 members (excludes halogenated alkanes) is 1. The predicted octanol–water partition coefficient (Wildman–Crippen LogP) is 2.94. The highest BCUT2D eigenvalue weighted by atomic mass is 32.2. The largest absolute Gasteiger partial charge is 0.494 e. The first-order chi connectivity index (χ1) is 10.6. The summed E-state index contributed by atoms with van der Waals surface area (Å²) < 4.78 is 5.35. The number of benzene rings is 1. The van der Waals surface area contributed by atoms with Gasteiger partial charge in [-0.05, 0) is 37.6 Å². The zero-order valence-electron chi connectivity index (χ0n) is 13.0. The first-order valence-corrected chi connectivity index (χ1v) is 8.43. The summed E-state index contributed by atoms with van der Waals surface area (Å²) in [6.45, 7) is 4.52. The molecule has 0 heterocycles. The number of ether oxygens (including phenoxy) is 1. The Kier molecular flexibility index (Phi) is 8.43. The van der Waals surface area contributed by atoms with Crippen molar-refractivity contribution < 1.29 is 19.4 Å². The third-order valence-corrected chi connectivity index (χ3v) is 4.00. The highest BCUT2D eigenvalue weighted by molar-refractivity contribution is 8.00. The van der Waals surface area contributed by atoms with E-state index in [0.717, 1.165) is 23.5 Å². The van der Waals surface area contributed by atoms with E-state index in [2.05, 4.69) is 5.32 Å². The lowest BCUT2D eigenvalue weighted by atomic mass is 10.1. The van der Waals surface area contributed by atoms with Crippen molar-refractivity contribution >= 4 is 23.6 Å². The van der Waals surface area contributed by atoms with Gasteiger partial charge in [0, 0.05) is 4.90 Å². The molecule has 1 rings (SSSR count). The van der Waals surface area contributed by atoms with E-state index in [1.54, 1.807) is 0 Å². The molecule has 22 heavy (non-hydrogen) atoms. The average molecular weight is 325 g/mol. The Balaban J connectivity index is 2.42. The minimum atomic E-state index is -0.979. The Morgan fingerprint density at radius 2 is 1.95 bits per heavy atom. The number of aliphatic carboxylic acids is 1. The summed E-state index contributed by atoms with van der Waals surface area (Å²) in [7, 11) is 0. The molecule has 1 aromatic rings. The summed E-state index contributed by atoms with van der Waals surface area (Å²) in [5.41, 5.74) is 0. The molecule has 2 N–H and O–H groups in total. The van der Waals surface area contributed by atoms with Gasteiger partial charge in [-0.1, -0.05) is 19.8 Å². The molecule has 1 amide bonds. The van der Waals surface area contributed by atoms with E-state index in [1.807, 2.05) is 38.1 Å². The Labute approximate surface area is 135 Å². The first kappa shape index (κ1) is 18.4. The van der Waals surface area contributed by atoms with Gasteiger partial charge in [0.25, 0.3) is 0 Å². The second kappa shape index (κ2) is 10.1. The van der Waals surface area contributed by atoms with Crippen LogP contribution in [0.15, 0.2) is 29.2 Å². The molecule has 0 aliphatic rings. The number of carbonyl (C=O) groups is 2. The number of hydrogen-bond donors (Lipinski definition) is 2. The van der Waals surface area contributed by atoms with Gasteiger partial charge < -0.3 is 15.2 Å². The molecule has 0 aliphatic carbocycles. The van der Waals surface area contributed by atoms with Gasteiger partial charge >= 0.3 is 5.97 Å². The fraction of sp³-hybridized carbons (Fsp3) is 0.500. The molecule has 5 nitrogen and oxygen atoms in total. The van der Waals surface area contributed by atoms with Gasteiger partial charge in [0.05, 0.1) is 12.4 Å². The van der Waals surface area contributed by atoms with Crippen molar-refractivity contribution in [2.75, 3.05) is 12.4 Å². The van der Waals surface area contributed by atoms with Gasteiger partial charge in [-0.25, -0.2) is 4.79 Å². The van der Waals surface area contributed by atoms with Crippen LogP contribution in [0, 0.1) is 0 Å². The van der Waals surface area contributed by atoms with Crippen LogP contribution in [0.4, 0.5) is 0 Å². The van der Waals surface area contributed by atoms with Crippen LogP contribution in [0.25, 0.3) is 0 Å². The summed E-state index contributed by atoms with van der Waals surface area (Å²) in [6, 6.07) is 6.67. The monoisotopic (exact) mass is 325 g/mol. The normalized spacial score (nSPS) is 11.7. The van der Waals surface area contributed by atoms with E-state index in [9.17, 15) is 9.59 Å². The minimum Gasteiger partial charge on any atom is -0.494 e. The van der Waals surface area contributed by atoms with Gasteiger partial charge in [0.2, 0.25) is 5.91 Å². The molecular formula is C16H23NO4S. The molecular weight excluding hydrogens is 302 g/mol. The molecule has 0 aromatic heterocycles. The summed E-state index contributed by atoms with van der Waals surface area (Å²) in [6.07, 6.45) is 2.15. The molecule has 0 bridgehead atoms. The maximum atomic E-state index is 11.8. The van der Waals surface area contributed by atoms with Crippen molar-refractivity contribution in [3.05, 3.63) is 24.3 Å². The number of amides is 1. The molecule has 0 fully saturated rings. The van der Waals surface area contributed by atoms with Crippen LogP contribution in [0.2, 0.25) is 0 Å². The van der Waals surface area contributed by atoms with Crippen molar-refractivity contribution in [2.45, 2.75) is 44.0 Å². The summed E-state index contributed by atoms with van der Waals surface area (Å²) in [5, 5.41) is 11.6. The summed E-state index contributed by atoms with van der Waals surface area (Å²) in [5.74, 6) is -0.249. The molecule has 1 unspecified atom stereocenters. The number of rotatable bonds is 10. The lowest BCUT2D eigenvalue weighted by molar-refractivity contribution is -0.141. The molecule has 122 valence electrons. The van der Waals surface area contributed by atoms with Crippen LogP contribution in [-0.4, -0.2) is 35.4 Å². The highest BCUT2D eigenvalue weighted by Crippen LogP contribution is 2.21. The van der Waals surface area contributed by atoms with Crippen LogP contribution < -0.4 is 10.1 Å². The van der Waals surface area contributed by atoms with Gasteiger partial charge in [-0.3, -0.25) is 4.79 Å². The number of hydrogen-bond acceptors (Lipinski definition) is 4. The zero-order valence-corrected chi connectivity index (χ0v) is 13.8. The minimum absolute atomic E-state index is 0.198. The SMILES string of the molecule is CCCCC(NC(=O)CSc1ccc(OCC)cc1)C(=O)O. The standard InChI is InChI=1S/C16H23NO4S/c1-3-5-6-14(16(19)20)17-15(18)11-22-13-9-7-12(8-10-13)21-4-2/h7-10,14H,3-6,11H2,1-2H3,(H,17,18)(H,19,20). The van der Waals surface area contributed by atoms with E-state index >= 15 is 0 Å². The zero-order chi connectivity index (χ0) is 16.4. The Hall–Kier alpha value is -1.69. The van der Waals surface area contributed by atoms with Gasteiger partial charge in [0.15, 0.2) is 0 Å². The second-order valence-corrected chi connectivity index (χ2v) is 5.84. The Morgan fingerprint density at radius 1 is 1.27 bits per heavy atom. The van der Waals surface area contributed by atoms with Crippen molar-refractivity contribution in [1.29, 1.82) is 0 Å². The number of thioether (sulfide) groups is 1. The van der Waals surface area contributed by atoms with Crippen molar-refractivity contribution in [3.63, 3.8) is 0 Å². The van der Waals surface area contributed by atoms with Gasteiger partial charge in [-0.2, -0.15) is 0 Å². The van der Waals surface area contributed by atoms with E-state index in [0.29, 0.717) is 13.0 Å². The van der Waals surface area contributed by atoms with Crippen LogP contribution in [0.5, 0.6) is 5.75 Å². The van der Waals surface area contributed by atoms with Gasteiger partial charge in [-0.15, -0.1) is 11.8 Å². The van der Waals surface area contributed by atoms with E-state index < -0.39 is 12.0 Å². The molecule has 0 radical (unpaired) electrons. The summed E-state index contributed by atoms with van der Waals surface area (Å²) in [4.78, 5) is 23.9. The molecule has 1 aromatic carbocycles. The lowest BCUT2D eigenvalue weighted by Gasteiger charge is -2.13. The van der Waals surface area contributed by atoms with Crippen LogP contribution >= 0.6 is 11.8 Å². The molecule has 0 spiro atoms. The predicted molar refractivity (Wildman–Crippen MR) is 87.4 cm³/mol. The molecule has 0 aliphatic heterocycles. The van der Waals surface area contributed by atoms with Crippen molar-refractivity contribution in [1.82, 2.24) is 5.32 Å². The van der Waals surface area contributed by atoms with Crippen LogP contribution in [0.1, 0.15) is 33.1 Å². The van der Waals surface area contributed by atoms with Crippen LogP contribution in [-0.2, 0) is 9.59 Å². The lowest BCUT2D eigenvalue weighted by Crippen LogP contribution is -2.41. The van der Waals surface area contributed by atoms with Gasteiger partial charge in [0.1, 0.15) is 11.8 Å². The fourth-order valence-electron chi connectivity index (χ4n) is 1.85. The third-order valence-electron chi connectivity index (χ3n) is 2.98. The molecule has 1 atom stereocenters.